The fraction of sp³-hybridized carbons (Fsp3) is 0.600. The first-order valence-corrected chi connectivity index (χ1v) is 2.14. The summed E-state index contributed by atoms with van der Waals surface area (Å²) in [5.41, 5.74) is 0. The number of hydrogen-bond donors (Lipinski definition) is 0. The average molecular weight is 94.1 g/mol. The van der Waals surface area contributed by atoms with Crippen LogP contribution in [0.2, 0.25) is 0 Å². The third kappa shape index (κ3) is 10.7. The van der Waals surface area contributed by atoms with Crippen molar-refractivity contribution in [1.82, 2.24) is 0 Å². The van der Waals surface area contributed by atoms with Crippen LogP contribution >= 0.6 is 0 Å². The standard InChI is InChI=1S/C5H10O.Li.H/c1-3-5-6-4-2;;/h4H,2-3,5H2,1H3;;/q;+1;-1. The van der Waals surface area contributed by atoms with Crippen molar-refractivity contribution in [2.24, 2.45) is 0 Å². The van der Waals surface area contributed by atoms with Gasteiger partial charge in [-0.25, -0.2) is 0 Å². The van der Waals surface area contributed by atoms with Crippen LogP contribution in [-0.4, -0.2) is 6.61 Å². The van der Waals surface area contributed by atoms with Crippen LogP contribution in [0.3, 0.4) is 0 Å². The molecule has 0 rings (SSSR count). The molecule has 0 bridgehead atoms. The van der Waals surface area contributed by atoms with Gasteiger partial charge in [0.05, 0.1) is 12.9 Å². The van der Waals surface area contributed by atoms with Gasteiger partial charge in [0.25, 0.3) is 0 Å². The fourth-order valence-corrected chi connectivity index (χ4v) is 0.201. The van der Waals surface area contributed by atoms with Gasteiger partial charge in [-0.05, 0) is 6.42 Å². The first-order valence-electron chi connectivity index (χ1n) is 2.14. The summed E-state index contributed by atoms with van der Waals surface area (Å²) in [7, 11) is 0. The van der Waals surface area contributed by atoms with E-state index in [1.807, 2.05) is 0 Å². The average Bonchev–Trinajstić information content (AvgIpc) is 1.61. The molecule has 0 amide bonds. The molecule has 1 nitrogen and oxygen atoms in total. The fourth-order valence-electron chi connectivity index (χ4n) is 0.201. The normalized spacial score (nSPS) is 6.43. The van der Waals surface area contributed by atoms with E-state index in [-0.39, 0.29) is 20.3 Å². The molecular formula is C5H11LiO. The van der Waals surface area contributed by atoms with E-state index in [1.54, 1.807) is 0 Å². The van der Waals surface area contributed by atoms with Gasteiger partial charge in [0, 0.05) is 0 Å². The maximum absolute atomic E-state index is 4.75. The Morgan fingerprint density at radius 3 is 2.57 bits per heavy atom. The second kappa shape index (κ2) is 9.46. The monoisotopic (exact) mass is 94.1 g/mol. The summed E-state index contributed by atoms with van der Waals surface area (Å²) in [6, 6.07) is 0. The zero-order valence-corrected chi connectivity index (χ0v) is 5.11. The Kier molecular flexibility index (Phi) is 13.8. The van der Waals surface area contributed by atoms with Crippen LogP contribution in [0, 0.1) is 0 Å². The first kappa shape index (κ1) is 10.2. The van der Waals surface area contributed by atoms with E-state index in [2.05, 4.69) is 13.5 Å². The largest absolute Gasteiger partial charge is 1.00 e. The smallest absolute Gasteiger partial charge is 1.00 e. The minimum absolute atomic E-state index is 0. The summed E-state index contributed by atoms with van der Waals surface area (Å²) >= 11 is 0. The minimum Gasteiger partial charge on any atom is -1.00 e. The van der Waals surface area contributed by atoms with Gasteiger partial charge in [-0.3, -0.25) is 0 Å². The molecule has 0 saturated heterocycles. The first-order chi connectivity index (χ1) is 2.91. The SMILES string of the molecule is C=COCCC.[H-].[Li+]. The molecule has 0 saturated carbocycles. The van der Waals surface area contributed by atoms with Crippen LogP contribution in [-0.2, 0) is 4.74 Å². The summed E-state index contributed by atoms with van der Waals surface area (Å²) < 4.78 is 4.75. The Hall–Kier alpha value is 0.137. The van der Waals surface area contributed by atoms with Gasteiger partial charge in [0.2, 0.25) is 0 Å². The molecule has 0 heterocycles. The van der Waals surface area contributed by atoms with Crippen molar-refractivity contribution in [2.45, 2.75) is 13.3 Å². The zero-order chi connectivity index (χ0) is 4.83. The molecule has 7 heavy (non-hydrogen) atoms. The molecule has 0 aromatic rings. The molecule has 0 N–H and O–H groups in total. The van der Waals surface area contributed by atoms with Crippen LogP contribution < -0.4 is 18.9 Å². The number of ether oxygens (including phenoxy) is 1. The van der Waals surface area contributed by atoms with E-state index in [4.69, 9.17) is 4.74 Å². The molecule has 0 aromatic carbocycles. The van der Waals surface area contributed by atoms with Crippen molar-refractivity contribution < 1.29 is 25.0 Å². The van der Waals surface area contributed by atoms with Crippen molar-refractivity contribution in [3.63, 3.8) is 0 Å². The summed E-state index contributed by atoms with van der Waals surface area (Å²) in [5, 5.41) is 0. The molecule has 0 atom stereocenters. The maximum Gasteiger partial charge on any atom is 1.00 e. The molecule has 0 fully saturated rings. The van der Waals surface area contributed by atoms with Crippen molar-refractivity contribution >= 4 is 0 Å². The quantitative estimate of drug-likeness (QED) is 0.239. The molecule has 0 aliphatic carbocycles. The van der Waals surface area contributed by atoms with Crippen LogP contribution in [0.15, 0.2) is 12.8 Å². The number of rotatable bonds is 3. The predicted octanol–water partition coefficient (Wildman–Crippen LogP) is -1.33. The van der Waals surface area contributed by atoms with E-state index in [9.17, 15) is 0 Å². The summed E-state index contributed by atoms with van der Waals surface area (Å²) in [5.74, 6) is 0. The van der Waals surface area contributed by atoms with Crippen LogP contribution in [0.1, 0.15) is 14.8 Å². The van der Waals surface area contributed by atoms with Gasteiger partial charge < -0.3 is 6.16 Å². The minimum atomic E-state index is 0. The van der Waals surface area contributed by atoms with E-state index in [1.165, 1.54) is 6.26 Å². The van der Waals surface area contributed by atoms with Gasteiger partial charge in [-0.2, -0.15) is 0 Å². The third-order valence-electron chi connectivity index (χ3n) is 0.440. The van der Waals surface area contributed by atoms with Crippen LogP contribution in [0.25, 0.3) is 0 Å². The molecule has 0 radical (unpaired) electrons. The van der Waals surface area contributed by atoms with E-state index < -0.39 is 0 Å². The molecular weight excluding hydrogens is 83.0 g/mol. The molecule has 38 valence electrons. The Bertz CT molecular complexity index is 41.4. The Balaban J connectivity index is -0.000000125. The molecule has 0 aromatic heterocycles. The van der Waals surface area contributed by atoms with Gasteiger partial charge in [0.15, 0.2) is 0 Å². The topological polar surface area (TPSA) is 9.23 Å². The Morgan fingerprint density at radius 1 is 1.86 bits per heavy atom. The number of hydrogen-bond acceptors (Lipinski definition) is 1. The van der Waals surface area contributed by atoms with Gasteiger partial charge in [-0.15, -0.1) is 0 Å². The van der Waals surface area contributed by atoms with E-state index >= 15 is 0 Å². The van der Waals surface area contributed by atoms with Crippen molar-refractivity contribution in [3.05, 3.63) is 12.8 Å². The molecule has 2 heteroatoms. The molecule has 0 unspecified atom stereocenters. The van der Waals surface area contributed by atoms with Crippen LogP contribution in [0.5, 0.6) is 0 Å². The molecule has 0 aliphatic heterocycles. The van der Waals surface area contributed by atoms with E-state index in [0.717, 1.165) is 13.0 Å². The van der Waals surface area contributed by atoms with Crippen molar-refractivity contribution in [3.8, 4) is 0 Å². The summed E-state index contributed by atoms with van der Waals surface area (Å²) in [4.78, 5) is 0. The zero-order valence-electron chi connectivity index (χ0n) is 6.11. The van der Waals surface area contributed by atoms with Gasteiger partial charge in [-0.1, -0.05) is 13.5 Å². The molecule has 0 spiro atoms. The van der Waals surface area contributed by atoms with E-state index in [0.29, 0.717) is 0 Å². The summed E-state index contributed by atoms with van der Waals surface area (Å²) in [6.45, 7) is 6.23. The maximum atomic E-state index is 4.75. The Morgan fingerprint density at radius 2 is 2.43 bits per heavy atom. The summed E-state index contributed by atoms with van der Waals surface area (Å²) in [6.07, 6.45) is 2.52. The van der Waals surface area contributed by atoms with Crippen LogP contribution in [0.4, 0.5) is 0 Å². The molecule has 0 aliphatic rings. The Labute approximate surface area is 58.4 Å². The van der Waals surface area contributed by atoms with Crippen molar-refractivity contribution in [1.29, 1.82) is 0 Å². The predicted molar refractivity (Wildman–Crippen MR) is 27.6 cm³/mol. The second-order valence-electron chi connectivity index (χ2n) is 1.04. The third-order valence-corrected chi connectivity index (χ3v) is 0.440. The second-order valence-corrected chi connectivity index (χ2v) is 1.04. The van der Waals surface area contributed by atoms with Gasteiger partial charge in [0.1, 0.15) is 0 Å². The van der Waals surface area contributed by atoms with Crippen molar-refractivity contribution in [2.75, 3.05) is 6.61 Å². The van der Waals surface area contributed by atoms with Gasteiger partial charge >= 0.3 is 18.9 Å².